The Kier molecular flexibility index (Phi) is 7.10. The second-order valence-electron chi connectivity index (χ2n) is 7.99. The van der Waals surface area contributed by atoms with Crippen LogP contribution in [0.5, 0.6) is 5.75 Å². The number of aromatic nitrogens is 2. The molecule has 4 rings (SSSR count). The minimum Gasteiger partial charge on any atom is -0.482 e. The first kappa shape index (κ1) is 21.7. The Labute approximate surface area is 188 Å². The van der Waals surface area contributed by atoms with E-state index in [0.29, 0.717) is 16.5 Å². The Hall–Kier alpha value is -2.57. The fourth-order valence-electron chi connectivity index (χ4n) is 4.07. The van der Waals surface area contributed by atoms with E-state index in [2.05, 4.69) is 21.7 Å². The van der Waals surface area contributed by atoms with Crippen molar-refractivity contribution in [3.05, 3.63) is 53.3 Å². The van der Waals surface area contributed by atoms with Crippen molar-refractivity contribution in [2.75, 3.05) is 25.0 Å². The molecule has 0 atom stereocenters. The molecule has 1 N–H and O–H groups in total. The molecule has 0 unspecified atom stereocenters. The van der Waals surface area contributed by atoms with Crippen molar-refractivity contribution in [1.82, 2.24) is 14.5 Å². The van der Waals surface area contributed by atoms with E-state index in [1.165, 1.54) is 19.3 Å². The highest BCUT2D eigenvalue weighted by atomic mass is 35.5. The molecule has 164 valence electrons. The quantitative estimate of drug-likeness (QED) is 0.529. The Balaban J connectivity index is 1.46. The smallest absolute Gasteiger partial charge is 0.262 e. The van der Waals surface area contributed by atoms with E-state index in [-0.39, 0.29) is 12.5 Å². The minimum absolute atomic E-state index is 0.105. The maximum absolute atomic E-state index is 12.4. The van der Waals surface area contributed by atoms with E-state index >= 15 is 0 Å². The van der Waals surface area contributed by atoms with Crippen LogP contribution < -0.4 is 10.1 Å². The zero-order chi connectivity index (χ0) is 21.6. The van der Waals surface area contributed by atoms with Crippen LogP contribution in [-0.4, -0.2) is 40.1 Å². The van der Waals surface area contributed by atoms with Crippen molar-refractivity contribution in [1.29, 1.82) is 0 Å². The summed E-state index contributed by atoms with van der Waals surface area (Å²) < 4.78 is 7.84. The van der Waals surface area contributed by atoms with Crippen LogP contribution in [0.25, 0.3) is 11.0 Å². The summed E-state index contributed by atoms with van der Waals surface area (Å²) in [4.78, 5) is 19.8. The molecule has 1 aliphatic heterocycles. The number of benzene rings is 2. The summed E-state index contributed by atoms with van der Waals surface area (Å²) >= 11 is 6.08. The fraction of sp³-hybridized carbons (Fsp3) is 0.417. The number of carbonyl (C=O) groups excluding carboxylic acids is 1. The summed E-state index contributed by atoms with van der Waals surface area (Å²) in [6.07, 6.45) is 4.91. The number of likely N-dealkylation sites (tertiary alicyclic amines) is 1. The number of halogens is 1. The summed E-state index contributed by atoms with van der Waals surface area (Å²) in [5, 5.41) is 3.38. The van der Waals surface area contributed by atoms with Crippen LogP contribution in [0.1, 0.15) is 38.4 Å². The number of hydrogen-bond donors (Lipinski definition) is 1. The molecule has 0 saturated carbocycles. The highest BCUT2D eigenvalue weighted by Crippen LogP contribution is 2.24. The van der Waals surface area contributed by atoms with E-state index in [1.54, 1.807) is 12.1 Å². The molecule has 1 saturated heterocycles. The highest BCUT2D eigenvalue weighted by Gasteiger charge is 2.17. The van der Waals surface area contributed by atoms with Gasteiger partial charge in [0.2, 0.25) is 0 Å². The summed E-state index contributed by atoms with van der Waals surface area (Å²) in [5.74, 6) is 1.36. The number of fused-ring (bicyclic) bond motifs is 1. The van der Waals surface area contributed by atoms with Crippen molar-refractivity contribution in [3.8, 4) is 5.75 Å². The van der Waals surface area contributed by atoms with Gasteiger partial charge in [0, 0.05) is 12.2 Å². The first-order valence-electron chi connectivity index (χ1n) is 11.0. The Bertz CT molecular complexity index is 1040. The summed E-state index contributed by atoms with van der Waals surface area (Å²) in [6.45, 7) is 6.18. The van der Waals surface area contributed by atoms with Crippen LogP contribution in [0.2, 0.25) is 5.02 Å². The number of amides is 1. The van der Waals surface area contributed by atoms with Gasteiger partial charge in [0.25, 0.3) is 5.91 Å². The summed E-state index contributed by atoms with van der Waals surface area (Å²) in [7, 11) is 0. The molecule has 1 aromatic heterocycles. The molecule has 3 aromatic rings. The number of aryl methyl sites for hydroxylation is 1. The normalized spacial score (nSPS) is 14.6. The van der Waals surface area contributed by atoms with Gasteiger partial charge >= 0.3 is 0 Å². The molecular weight excluding hydrogens is 412 g/mol. The molecule has 7 heteroatoms. The van der Waals surface area contributed by atoms with Gasteiger partial charge in [-0.15, -0.1) is 0 Å². The second kappa shape index (κ2) is 10.2. The van der Waals surface area contributed by atoms with Gasteiger partial charge in [-0.1, -0.05) is 37.1 Å². The Morgan fingerprint density at radius 2 is 1.97 bits per heavy atom. The van der Waals surface area contributed by atoms with Crippen molar-refractivity contribution in [2.45, 2.75) is 45.7 Å². The molecule has 1 amide bonds. The number of para-hydroxylation sites is 1. The fourth-order valence-corrected chi connectivity index (χ4v) is 4.26. The van der Waals surface area contributed by atoms with Gasteiger partial charge in [0.05, 0.1) is 22.6 Å². The molecule has 6 nitrogen and oxygen atoms in total. The summed E-state index contributed by atoms with van der Waals surface area (Å²) in [5.41, 5.74) is 2.73. The molecule has 0 bridgehead atoms. The van der Waals surface area contributed by atoms with Gasteiger partial charge in [-0.05, 0) is 62.7 Å². The van der Waals surface area contributed by atoms with E-state index < -0.39 is 0 Å². The molecule has 1 aliphatic rings. The lowest BCUT2D eigenvalue weighted by atomic mass is 10.1. The number of carbonyl (C=O) groups is 1. The molecular formula is C24H29ClN4O2. The van der Waals surface area contributed by atoms with Crippen molar-refractivity contribution >= 4 is 34.2 Å². The van der Waals surface area contributed by atoms with Crippen LogP contribution in [-0.2, 0) is 17.9 Å². The monoisotopic (exact) mass is 440 g/mol. The molecule has 2 aromatic carbocycles. The van der Waals surface area contributed by atoms with E-state index in [0.717, 1.165) is 49.5 Å². The zero-order valence-electron chi connectivity index (χ0n) is 17.9. The van der Waals surface area contributed by atoms with Crippen LogP contribution in [0.3, 0.4) is 0 Å². The number of piperidine rings is 1. The number of nitrogens with one attached hydrogen (secondary N) is 1. The number of rotatable bonds is 8. The van der Waals surface area contributed by atoms with Gasteiger partial charge in [0.15, 0.2) is 6.61 Å². The first-order chi connectivity index (χ1) is 15.1. The van der Waals surface area contributed by atoms with Gasteiger partial charge in [-0.3, -0.25) is 9.69 Å². The largest absolute Gasteiger partial charge is 0.482 e. The minimum atomic E-state index is -0.235. The van der Waals surface area contributed by atoms with E-state index in [9.17, 15) is 4.79 Å². The summed E-state index contributed by atoms with van der Waals surface area (Å²) in [6, 6.07) is 13.0. The van der Waals surface area contributed by atoms with Gasteiger partial charge in [-0.25, -0.2) is 4.98 Å². The average Bonchev–Trinajstić information content (AvgIpc) is 3.10. The third-order valence-corrected chi connectivity index (χ3v) is 5.88. The van der Waals surface area contributed by atoms with Crippen molar-refractivity contribution in [2.24, 2.45) is 0 Å². The number of hydrogen-bond acceptors (Lipinski definition) is 4. The average molecular weight is 441 g/mol. The SMILES string of the molecule is CCCn1c(CN2CCCCC2)nc2cc(NC(=O)COc3ccccc3Cl)ccc21. The predicted octanol–water partition coefficient (Wildman–Crippen LogP) is 5.10. The number of imidazole rings is 1. The predicted molar refractivity (Wildman–Crippen MR) is 125 cm³/mol. The zero-order valence-corrected chi connectivity index (χ0v) is 18.7. The van der Waals surface area contributed by atoms with E-state index in [4.69, 9.17) is 21.3 Å². The lowest BCUT2D eigenvalue weighted by Gasteiger charge is -2.26. The third kappa shape index (κ3) is 5.38. The van der Waals surface area contributed by atoms with Crippen LogP contribution >= 0.6 is 11.6 Å². The van der Waals surface area contributed by atoms with Crippen LogP contribution in [0, 0.1) is 0 Å². The molecule has 0 spiro atoms. The van der Waals surface area contributed by atoms with E-state index in [1.807, 2.05) is 30.3 Å². The molecule has 0 aliphatic carbocycles. The van der Waals surface area contributed by atoms with Crippen molar-refractivity contribution < 1.29 is 9.53 Å². The van der Waals surface area contributed by atoms with Gasteiger partial charge < -0.3 is 14.6 Å². The number of ether oxygens (including phenoxy) is 1. The van der Waals surface area contributed by atoms with Gasteiger partial charge in [0.1, 0.15) is 11.6 Å². The number of nitrogens with zero attached hydrogens (tertiary/aromatic N) is 3. The topological polar surface area (TPSA) is 59.4 Å². The lowest BCUT2D eigenvalue weighted by molar-refractivity contribution is -0.118. The van der Waals surface area contributed by atoms with Crippen LogP contribution in [0.15, 0.2) is 42.5 Å². The maximum Gasteiger partial charge on any atom is 0.262 e. The van der Waals surface area contributed by atoms with Crippen LogP contribution in [0.4, 0.5) is 5.69 Å². The highest BCUT2D eigenvalue weighted by molar-refractivity contribution is 6.32. The third-order valence-electron chi connectivity index (χ3n) is 5.57. The maximum atomic E-state index is 12.4. The number of anilines is 1. The Morgan fingerprint density at radius 1 is 1.16 bits per heavy atom. The Morgan fingerprint density at radius 3 is 2.74 bits per heavy atom. The van der Waals surface area contributed by atoms with Crippen molar-refractivity contribution in [3.63, 3.8) is 0 Å². The second-order valence-corrected chi connectivity index (χ2v) is 8.39. The molecule has 1 fully saturated rings. The molecule has 2 heterocycles. The molecule has 0 radical (unpaired) electrons. The molecule has 31 heavy (non-hydrogen) atoms. The lowest BCUT2D eigenvalue weighted by Crippen LogP contribution is -2.30. The van der Waals surface area contributed by atoms with Gasteiger partial charge in [-0.2, -0.15) is 0 Å². The standard InChI is InChI=1S/C24H29ClN4O2/c1-2-12-29-21-11-10-18(26-24(30)17-31-22-9-5-4-8-19(22)25)15-20(21)27-23(29)16-28-13-6-3-7-14-28/h4-5,8-11,15H,2-3,6-7,12-14,16-17H2,1H3,(H,26,30). The first-order valence-corrected chi connectivity index (χ1v) is 11.4.